The fourth-order valence-corrected chi connectivity index (χ4v) is 1.35. The zero-order valence-electron chi connectivity index (χ0n) is 10.7. The molecule has 0 saturated heterocycles. The zero-order valence-corrected chi connectivity index (χ0v) is 10.7. The van der Waals surface area contributed by atoms with Crippen molar-refractivity contribution in [1.82, 2.24) is 5.32 Å². The molecule has 0 aliphatic rings. The van der Waals surface area contributed by atoms with Gasteiger partial charge in [-0.3, -0.25) is 4.79 Å². The maximum absolute atomic E-state index is 11.8. The predicted molar refractivity (Wildman–Crippen MR) is 66.6 cm³/mol. The molecule has 0 bridgehead atoms. The Kier molecular flexibility index (Phi) is 4.71. The highest BCUT2D eigenvalue weighted by molar-refractivity contribution is 5.99. The zero-order chi connectivity index (χ0) is 13.7. The number of phenolic OH excluding ortho intramolecular Hbond substituents is 1. The van der Waals surface area contributed by atoms with Crippen LogP contribution in [-0.4, -0.2) is 30.6 Å². The molecule has 0 spiro atoms. The summed E-state index contributed by atoms with van der Waals surface area (Å²) >= 11 is 0. The van der Waals surface area contributed by atoms with Gasteiger partial charge in [0.2, 0.25) is 0 Å². The molecular weight excluding hydrogens is 234 g/mol. The second kappa shape index (κ2) is 6.05. The number of aromatic hydroxyl groups is 1. The molecule has 2 N–H and O–H groups in total. The van der Waals surface area contributed by atoms with Crippen molar-refractivity contribution >= 4 is 11.9 Å². The van der Waals surface area contributed by atoms with E-state index in [1.807, 2.05) is 13.8 Å². The van der Waals surface area contributed by atoms with Gasteiger partial charge in [-0.15, -0.1) is 0 Å². The molecular formula is C13H17NO4. The van der Waals surface area contributed by atoms with Crippen LogP contribution in [0.15, 0.2) is 18.2 Å². The SMILES string of the molecule is COC(=O)c1cc(C(=O)NCC(C)C)ccc1O. The average Bonchev–Trinajstić information content (AvgIpc) is 2.35. The third-order valence-corrected chi connectivity index (χ3v) is 2.33. The Morgan fingerprint density at radius 3 is 2.61 bits per heavy atom. The smallest absolute Gasteiger partial charge is 0.341 e. The first-order valence-electron chi connectivity index (χ1n) is 5.65. The summed E-state index contributed by atoms with van der Waals surface area (Å²) in [6, 6.07) is 4.07. The Bertz CT molecular complexity index is 454. The van der Waals surface area contributed by atoms with Crippen molar-refractivity contribution in [3.8, 4) is 5.75 Å². The summed E-state index contributed by atoms with van der Waals surface area (Å²) in [6.07, 6.45) is 0. The molecule has 0 aromatic heterocycles. The van der Waals surface area contributed by atoms with Gasteiger partial charge in [0.1, 0.15) is 11.3 Å². The van der Waals surface area contributed by atoms with E-state index in [1.165, 1.54) is 25.3 Å². The van der Waals surface area contributed by atoms with Crippen molar-refractivity contribution in [1.29, 1.82) is 0 Å². The van der Waals surface area contributed by atoms with Crippen LogP contribution < -0.4 is 5.32 Å². The van der Waals surface area contributed by atoms with E-state index < -0.39 is 5.97 Å². The van der Waals surface area contributed by atoms with Gasteiger partial charge in [0.05, 0.1) is 7.11 Å². The fraction of sp³-hybridized carbons (Fsp3) is 0.385. The quantitative estimate of drug-likeness (QED) is 0.796. The lowest BCUT2D eigenvalue weighted by Crippen LogP contribution is -2.27. The summed E-state index contributed by atoms with van der Waals surface area (Å²) in [5.74, 6) is -0.826. The molecule has 0 atom stereocenters. The van der Waals surface area contributed by atoms with Gasteiger partial charge in [0.25, 0.3) is 5.91 Å². The number of hydrogen-bond donors (Lipinski definition) is 2. The predicted octanol–water partition coefficient (Wildman–Crippen LogP) is 1.56. The Morgan fingerprint density at radius 2 is 2.06 bits per heavy atom. The van der Waals surface area contributed by atoms with Crippen LogP contribution in [0.4, 0.5) is 0 Å². The number of amides is 1. The second-order valence-corrected chi connectivity index (χ2v) is 4.33. The van der Waals surface area contributed by atoms with E-state index in [0.717, 1.165) is 0 Å². The van der Waals surface area contributed by atoms with Crippen LogP contribution in [0.3, 0.4) is 0 Å². The van der Waals surface area contributed by atoms with E-state index >= 15 is 0 Å². The molecule has 0 aliphatic carbocycles. The number of benzene rings is 1. The van der Waals surface area contributed by atoms with Crippen LogP contribution in [0.5, 0.6) is 5.75 Å². The molecule has 5 heteroatoms. The number of nitrogens with one attached hydrogen (secondary N) is 1. The Labute approximate surface area is 106 Å². The molecule has 0 aliphatic heterocycles. The largest absolute Gasteiger partial charge is 0.507 e. The maximum atomic E-state index is 11.8. The molecule has 0 radical (unpaired) electrons. The summed E-state index contributed by atoms with van der Waals surface area (Å²) in [7, 11) is 1.22. The number of phenols is 1. The number of methoxy groups -OCH3 is 1. The van der Waals surface area contributed by atoms with Crippen molar-refractivity contribution in [2.75, 3.05) is 13.7 Å². The Balaban J connectivity index is 2.91. The molecule has 1 aromatic rings. The van der Waals surface area contributed by atoms with Crippen molar-refractivity contribution in [3.63, 3.8) is 0 Å². The van der Waals surface area contributed by atoms with Gasteiger partial charge in [-0.05, 0) is 24.1 Å². The first-order chi connectivity index (χ1) is 8.45. The molecule has 18 heavy (non-hydrogen) atoms. The number of carbonyl (C=O) groups is 2. The van der Waals surface area contributed by atoms with Gasteiger partial charge < -0.3 is 15.2 Å². The van der Waals surface area contributed by atoms with E-state index in [1.54, 1.807) is 0 Å². The number of ether oxygens (including phenoxy) is 1. The van der Waals surface area contributed by atoms with Gasteiger partial charge in [-0.25, -0.2) is 4.79 Å². The maximum Gasteiger partial charge on any atom is 0.341 e. The molecule has 1 aromatic carbocycles. The van der Waals surface area contributed by atoms with E-state index in [9.17, 15) is 14.7 Å². The summed E-state index contributed by atoms with van der Waals surface area (Å²) in [6.45, 7) is 4.52. The fourth-order valence-electron chi connectivity index (χ4n) is 1.35. The monoisotopic (exact) mass is 251 g/mol. The average molecular weight is 251 g/mol. The first-order valence-corrected chi connectivity index (χ1v) is 5.65. The number of rotatable bonds is 4. The van der Waals surface area contributed by atoms with E-state index in [-0.39, 0.29) is 17.2 Å². The number of hydrogen-bond acceptors (Lipinski definition) is 4. The third-order valence-electron chi connectivity index (χ3n) is 2.33. The third kappa shape index (κ3) is 3.48. The molecule has 0 unspecified atom stereocenters. The Hall–Kier alpha value is -2.04. The number of carbonyl (C=O) groups excluding carboxylic acids is 2. The lowest BCUT2D eigenvalue weighted by Gasteiger charge is -2.09. The molecule has 1 rings (SSSR count). The topological polar surface area (TPSA) is 75.6 Å². The van der Waals surface area contributed by atoms with Crippen LogP contribution in [0.2, 0.25) is 0 Å². The first kappa shape index (κ1) is 14.0. The summed E-state index contributed by atoms with van der Waals surface area (Å²) in [5.41, 5.74) is 0.295. The molecule has 98 valence electrons. The van der Waals surface area contributed by atoms with E-state index in [4.69, 9.17) is 0 Å². The summed E-state index contributed by atoms with van der Waals surface area (Å²) in [5, 5.41) is 12.2. The normalized spacial score (nSPS) is 10.2. The van der Waals surface area contributed by atoms with Crippen LogP contribution in [-0.2, 0) is 4.74 Å². The molecule has 5 nitrogen and oxygen atoms in total. The van der Waals surface area contributed by atoms with Crippen molar-refractivity contribution < 1.29 is 19.4 Å². The standard InChI is InChI=1S/C13H17NO4/c1-8(2)7-14-12(16)9-4-5-11(15)10(6-9)13(17)18-3/h4-6,8,15H,7H2,1-3H3,(H,14,16). The minimum atomic E-state index is -0.675. The highest BCUT2D eigenvalue weighted by atomic mass is 16.5. The second-order valence-electron chi connectivity index (χ2n) is 4.33. The van der Waals surface area contributed by atoms with E-state index in [2.05, 4.69) is 10.1 Å². The van der Waals surface area contributed by atoms with E-state index in [0.29, 0.717) is 18.0 Å². The van der Waals surface area contributed by atoms with Gasteiger partial charge in [0, 0.05) is 12.1 Å². The van der Waals surface area contributed by atoms with Gasteiger partial charge >= 0.3 is 5.97 Å². The molecule has 0 fully saturated rings. The van der Waals surface area contributed by atoms with Crippen molar-refractivity contribution in [3.05, 3.63) is 29.3 Å². The van der Waals surface area contributed by atoms with Crippen LogP contribution >= 0.6 is 0 Å². The molecule has 1 amide bonds. The summed E-state index contributed by atoms with van der Waals surface area (Å²) in [4.78, 5) is 23.1. The lowest BCUT2D eigenvalue weighted by atomic mass is 10.1. The highest BCUT2D eigenvalue weighted by Gasteiger charge is 2.15. The number of esters is 1. The van der Waals surface area contributed by atoms with Gasteiger partial charge in [-0.1, -0.05) is 13.8 Å². The highest BCUT2D eigenvalue weighted by Crippen LogP contribution is 2.19. The van der Waals surface area contributed by atoms with Crippen LogP contribution in [0.1, 0.15) is 34.6 Å². The molecule has 0 heterocycles. The minimum Gasteiger partial charge on any atom is -0.507 e. The molecule has 0 saturated carbocycles. The Morgan fingerprint density at radius 1 is 1.39 bits per heavy atom. The van der Waals surface area contributed by atoms with Crippen molar-refractivity contribution in [2.45, 2.75) is 13.8 Å². The van der Waals surface area contributed by atoms with Gasteiger partial charge in [-0.2, -0.15) is 0 Å². The lowest BCUT2D eigenvalue weighted by molar-refractivity contribution is 0.0597. The van der Waals surface area contributed by atoms with Crippen molar-refractivity contribution in [2.24, 2.45) is 5.92 Å². The van der Waals surface area contributed by atoms with Crippen LogP contribution in [0, 0.1) is 5.92 Å². The van der Waals surface area contributed by atoms with Gasteiger partial charge in [0.15, 0.2) is 0 Å². The summed E-state index contributed by atoms with van der Waals surface area (Å²) < 4.78 is 4.52. The minimum absolute atomic E-state index is 0.0188. The van der Waals surface area contributed by atoms with Crippen LogP contribution in [0.25, 0.3) is 0 Å².